The minimum atomic E-state index is 0.0507. The zero-order valence-electron chi connectivity index (χ0n) is 13.7. The van der Waals surface area contributed by atoms with Crippen LogP contribution in [-0.4, -0.2) is 55.1 Å². The molecular weight excluding hydrogens is 320 g/mol. The summed E-state index contributed by atoms with van der Waals surface area (Å²) in [5, 5.41) is 2.15. The van der Waals surface area contributed by atoms with Crippen LogP contribution in [0, 0.1) is 0 Å². The fraction of sp³-hybridized carbons (Fsp3) is 0.421. The molecule has 2 aliphatic heterocycles. The van der Waals surface area contributed by atoms with Crippen molar-refractivity contribution in [1.82, 2.24) is 9.80 Å². The topological polar surface area (TPSA) is 32.8 Å². The van der Waals surface area contributed by atoms with Crippen LogP contribution in [0.1, 0.15) is 22.0 Å². The van der Waals surface area contributed by atoms with Gasteiger partial charge in [0.15, 0.2) is 0 Å². The van der Waals surface area contributed by atoms with E-state index in [9.17, 15) is 4.79 Å². The lowest BCUT2D eigenvalue weighted by molar-refractivity contribution is -0.135. The first-order chi connectivity index (χ1) is 11.8. The number of ether oxygens (including phenoxy) is 1. The molecule has 0 aliphatic carbocycles. The summed E-state index contributed by atoms with van der Waals surface area (Å²) < 4.78 is 5.39. The third kappa shape index (κ3) is 3.11. The number of amides is 1. The van der Waals surface area contributed by atoms with E-state index in [1.54, 1.807) is 0 Å². The standard InChI is InChI=1S/C19H22N2O2S/c22-18(14-20-9-11-23-12-10-20)21-8-6-17-16(7-13-24-17)19(21)15-4-2-1-3-5-15/h1-5,7,13,19H,6,8-12,14H2/t19-/m1/s1. The van der Waals surface area contributed by atoms with Crippen molar-refractivity contribution in [2.45, 2.75) is 12.5 Å². The van der Waals surface area contributed by atoms with Gasteiger partial charge in [0.25, 0.3) is 0 Å². The predicted octanol–water partition coefficient (Wildman–Crippen LogP) is 2.55. The van der Waals surface area contributed by atoms with Crippen LogP contribution in [0.5, 0.6) is 0 Å². The highest BCUT2D eigenvalue weighted by Gasteiger charge is 2.33. The molecule has 2 aromatic rings. The van der Waals surface area contributed by atoms with Crippen LogP contribution in [0.4, 0.5) is 0 Å². The van der Waals surface area contributed by atoms with E-state index in [0.717, 1.165) is 39.3 Å². The number of hydrogen-bond acceptors (Lipinski definition) is 4. The van der Waals surface area contributed by atoms with E-state index < -0.39 is 0 Å². The van der Waals surface area contributed by atoms with E-state index in [1.165, 1.54) is 16.0 Å². The van der Waals surface area contributed by atoms with E-state index in [-0.39, 0.29) is 11.9 Å². The van der Waals surface area contributed by atoms with Gasteiger partial charge in [0.2, 0.25) is 5.91 Å². The van der Waals surface area contributed by atoms with Crippen molar-refractivity contribution in [2.75, 3.05) is 39.4 Å². The van der Waals surface area contributed by atoms with Crippen molar-refractivity contribution >= 4 is 17.2 Å². The zero-order chi connectivity index (χ0) is 16.4. The van der Waals surface area contributed by atoms with Crippen molar-refractivity contribution < 1.29 is 9.53 Å². The van der Waals surface area contributed by atoms with Gasteiger partial charge in [0.05, 0.1) is 25.8 Å². The van der Waals surface area contributed by atoms with Gasteiger partial charge in [-0.3, -0.25) is 9.69 Å². The third-order valence-corrected chi connectivity index (χ3v) is 5.86. The second-order valence-corrected chi connectivity index (χ2v) is 7.34. The summed E-state index contributed by atoms with van der Waals surface area (Å²) in [5.41, 5.74) is 2.50. The van der Waals surface area contributed by atoms with Crippen LogP contribution in [0.3, 0.4) is 0 Å². The van der Waals surface area contributed by atoms with Gasteiger partial charge in [-0.15, -0.1) is 11.3 Å². The second kappa shape index (κ2) is 7.05. The third-order valence-electron chi connectivity index (χ3n) is 4.86. The Morgan fingerprint density at radius 2 is 1.92 bits per heavy atom. The van der Waals surface area contributed by atoms with E-state index in [2.05, 4.69) is 45.5 Å². The number of benzene rings is 1. The molecular formula is C19H22N2O2S. The Morgan fingerprint density at radius 1 is 1.12 bits per heavy atom. The lowest BCUT2D eigenvalue weighted by Gasteiger charge is -2.38. The molecule has 24 heavy (non-hydrogen) atoms. The average molecular weight is 342 g/mol. The first-order valence-electron chi connectivity index (χ1n) is 8.54. The molecule has 0 unspecified atom stereocenters. The molecule has 5 heteroatoms. The number of thiophene rings is 1. The fourth-order valence-corrected chi connectivity index (χ4v) is 4.53. The minimum Gasteiger partial charge on any atom is -0.379 e. The molecule has 0 spiro atoms. The average Bonchev–Trinajstić information content (AvgIpc) is 3.11. The summed E-state index contributed by atoms with van der Waals surface area (Å²) in [6.45, 7) is 4.44. The van der Waals surface area contributed by atoms with Gasteiger partial charge in [-0.1, -0.05) is 30.3 Å². The smallest absolute Gasteiger partial charge is 0.237 e. The largest absolute Gasteiger partial charge is 0.379 e. The van der Waals surface area contributed by atoms with Crippen LogP contribution in [0.25, 0.3) is 0 Å². The van der Waals surface area contributed by atoms with Gasteiger partial charge in [-0.2, -0.15) is 0 Å². The molecule has 1 saturated heterocycles. The van der Waals surface area contributed by atoms with Crippen LogP contribution in [0.2, 0.25) is 0 Å². The Bertz CT molecular complexity index is 694. The Morgan fingerprint density at radius 3 is 2.71 bits per heavy atom. The minimum absolute atomic E-state index is 0.0507. The molecule has 0 bridgehead atoms. The van der Waals surface area contributed by atoms with Crippen molar-refractivity contribution in [3.8, 4) is 0 Å². The first-order valence-corrected chi connectivity index (χ1v) is 9.41. The zero-order valence-corrected chi connectivity index (χ0v) is 14.5. The van der Waals surface area contributed by atoms with Gasteiger partial charge in [-0.05, 0) is 29.0 Å². The summed E-state index contributed by atoms with van der Waals surface area (Å²) in [6, 6.07) is 12.6. The highest BCUT2D eigenvalue weighted by Crippen LogP contribution is 2.37. The molecule has 0 radical (unpaired) electrons. The number of fused-ring (bicyclic) bond motifs is 1. The Hall–Kier alpha value is -1.69. The Kier molecular flexibility index (Phi) is 4.65. The van der Waals surface area contributed by atoms with E-state index in [0.29, 0.717) is 6.54 Å². The molecule has 1 fully saturated rings. The van der Waals surface area contributed by atoms with Crippen molar-refractivity contribution in [3.05, 3.63) is 57.8 Å². The molecule has 0 saturated carbocycles. The summed E-state index contributed by atoms with van der Waals surface area (Å²) in [6.07, 6.45) is 0.963. The number of morpholine rings is 1. The van der Waals surface area contributed by atoms with Gasteiger partial charge < -0.3 is 9.64 Å². The maximum Gasteiger partial charge on any atom is 0.237 e. The van der Waals surface area contributed by atoms with Gasteiger partial charge in [-0.25, -0.2) is 0 Å². The van der Waals surface area contributed by atoms with Crippen LogP contribution in [0.15, 0.2) is 41.8 Å². The van der Waals surface area contributed by atoms with E-state index in [1.807, 2.05) is 17.4 Å². The van der Waals surface area contributed by atoms with Crippen LogP contribution < -0.4 is 0 Å². The summed E-state index contributed by atoms with van der Waals surface area (Å²) >= 11 is 1.81. The molecule has 1 atom stereocenters. The normalized spacial score (nSPS) is 21.5. The lowest BCUT2D eigenvalue weighted by atomic mass is 9.93. The van der Waals surface area contributed by atoms with Crippen LogP contribution in [-0.2, 0) is 16.0 Å². The SMILES string of the molecule is O=C(CN1CCOCC1)N1CCc2sccc2[C@H]1c1ccccc1. The molecule has 4 nitrogen and oxygen atoms in total. The van der Waals surface area contributed by atoms with Crippen molar-refractivity contribution in [1.29, 1.82) is 0 Å². The fourth-order valence-electron chi connectivity index (χ4n) is 3.62. The number of carbonyl (C=O) groups excluding carboxylic acids is 1. The van der Waals surface area contributed by atoms with Gasteiger partial charge in [0, 0.05) is 24.5 Å². The van der Waals surface area contributed by atoms with Gasteiger partial charge in [0.1, 0.15) is 0 Å². The van der Waals surface area contributed by atoms with Crippen LogP contribution >= 0.6 is 11.3 Å². The molecule has 2 aliphatic rings. The summed E-state index contributed by atoms with van der Waals surface area (Å²) in [4.78, 5) is 18.7. The highest BCUT2D eigenvalue weighted by atomic mass is 32.1. The quantitative estimate of drug-likeness (QED) is 0.859. The number of hydrogen-bond donors (Lipinski definition) is 0. The number of carbonyl (C=O) groups is 1. The monoisotopic (exact) mass is 342 g/mol. The van der Waals surface area contributed by atoms with E-state index in [4.69, 9.17) is 4.74 Å². The maximum atomic E-state index is 13.0. The molecule has 1 aromatic heterocycles. The van der Waals surface area contributed by atoms with Crippen molar-refractivity contribution in [3.63, 3.8) is 0 Å². The Labute approximate surface area is 146 Å². The number of rotatable bonds is 3. The molecule has 3 heterocycles. The lowest BCUT2D eigenvalue weighted by Crippen LogP contribution is -2.47. The molecule has 1 aromatic carbocycles. The second-order valence-electron chi connectivity index (χ2n) is 6.34. The summed E-state index contributed by atoms with van der Waals surface area (Å²) in [5.74, 6) is 0.225. The molecule has 126 valence electrons. The number of nitrogens with zero attached hydrogens (tertiary/aromatic N) is 2. The Balaban J connectivity index is 1.60. The van der Waals surface area contributed by atoms with Gasteiger partial charge >= 0.3 is 0 Å². The van der Waals surface area contributed by atoms with Crippen molar-refractivity contribution in [2.24, 2.45) is 0 Å². The first kappa shape index (κ1) is 15.8. The highest BCUT2D eigenvalue weighted by molar-refractivity contribution is 7.10. The van der Waals surface area contributed by atoms with E-state index >= 15 is 0 Å². The maximum absolute atomic E-state index is 13.0. The predicted molar refractivity (Wildman–Crippen MR) is 95.3 cm³/mol. The molecule has 1 amide bonds. The molecule has 4 rings (SSSR count). The molecule has 0 N–H and O–H groups in total. The summed E-state index contributed by atoms with van der Waals surface area (Å²) in [7, 11) is 0.